The number of imidazole rings is 1. The quantitative estimate of drug-likeness (QED) is 0.279. The van der Waals surface area contributed by atoms with Gasteiger partial charge < -0.3 is 4.98 Å². The Hall–Kier alpha value is -4.28. The molecule has 9 nitrogen and oxygen atoms in total. The number of rotatable bonds is 6. The number of fused-ring (bicyclic) bond motifs is 2. The van der Waals surface area contributed by atoms with Gasteiger partial charge in [-0.3, -0.25) is 24.8 Å². The van der Waals surface area contributed by atoms with Crippen molar-refractivity contribution < 1.29 is 4.79 Å². The number of H-pyrrole nitrogens is 2. The Labute approximate surface area is 222 Å². The van der Waals surface area contributed by atoms with E-state index in [0.717, 1.165) is 63.4 Å². The van der Waals surface area contributed by atoms with E-state index in [0.29, 0.717) is 16.3 Å². The first-order chi connectivity index (χ1) is 18.6. The summed E-state index contributed by atoms with van der Waals surface area (Å²) in [5.41, 5.74) is 6.92. The molecule has 10 heteroatoms. The average molecular weight is 521 g/mol. The molecule has 0 amide bonds. The summed E-state index contributed by atoms with van der Waals surface area (Å²) in [5, 5.41) is 8.41. The highest BCUT2D eigenvalue weighted by Crippen LogP contribution is 2.34. The van der Waals surface area contributed by atoms with Gasteiger partial charge in [-0.05, 0) is 68.8 Å². The van der Waals surface area contributed by atoms with E-state index < -0.39 is 0 Å². The number of hydrogen-bond acceptors (Lipinski definition) is 8. The fourth-order valence-electron chi connectivity index (χ4n) is 5.06. The summed E-state index contributed by atoms with van der Waals surface area (Å²) in [6.45, 7) is 4.78. The Morgan fingerprint density at radius 1 is 1.05 bits per heavy atom. The SMILES string of the molecule is CC(=O)c1ccc(-c2nccc3[nH]c(-c4[nH]nc5ncc(-c6cncc(CN7CCCC7)c6)cc45)nc23)s1. The van der Waals surface area contributed by atoms with E-state index in [1.807, 2.05) is 36.8 Å². The zero-order chi connectivity index (χ0) is 25.6. The molecule has 1 fully saturated rings. The Balaban J connectivity index is 1.27. The van der Waals surface area contributed by atoms with Crippen molar-refractivity contribution in [2.75, 3.05) is 13.1 Å². The van der Waals surface area contributed by atoms with Gasteiger partial charge in [0.05, 0.1) is 20.7 Å². The van der Waals surface area contributed by atoms with Crippen molar-refractivity contribution in [2.45, 2.75) is 26.3 Å². The van der Waals surface area contributed by atoms with Crippen LogP contribution in [0, 0.1) is 0 Å². The molecule has 1 aliphatic heterocycles. The average Bonchev–Trinajstić information content (AvgIpc) is 3.74. The van der Waals surface area contributed by atoms with Crippen molar-refractivity contribution in [2.24, 2.45) is 0 Å². The number of ketones is 1. The van der Waals surface area contributed by atoms with Crippen LogP contribution in [0.15, 0.2) is 55.1 Å². The van der Waals surface area contributed by atoms with Gasteiger partial charge in [-0.1, -0.05) is 0 Å². The number of nitrogens with one attached hydrogen (secondary N) is 2. The molecular formula is C28H24N8OS. The van der Waals surface area contributed by atoms with E-state index in [2.05, 4.69) is 47.2 Å². The maximum atomic E-state index is 11.8. The molecule has 0 radical (unpaired) electrons. The molecule has 7 heterocycles. The van der Waals surface area contributed by atoms with Crippen LogP contribution in [-0.4, -0.2) is 58.9 Å². The van der Waals surface area contributed by atoms with Gasteiger partial charge in [0.25, 0.3) is 0 Å². The molecule has 6 aromatic rings. The van der Waals surface area contributed by atoms with Crippen molar-refractivity contribution >= 4 is 39.2 Å². The molecule has 0 saturated carbocycles. The highest BCUT2D eigenvalue weighted by molar-refractivity contribution is 7.17. The van der Waals surface area contributed by atoms with Crippen LogP contribution in [0.25, 0.3) is 55.3 Å². The summed E-state index contributed by atoms with van der Waals surface area (Å²) in [7, 11) is 0. The lowest BCUT2D eigenvalue weighted by Crippen LogP contribution is -2.18. The van der Waals surface area contributed by atoms with Gasteiger partial charge in [-0.15, -0.1) is 11.3 Å². The number of nitrogens with zero attached hydrogens (tertiary/aromatic N) is 6. The fraction of sp³-hybridized carbons (Fsp3) is 0.214. The van der Waals surface area contributed by atoms with Crippen LogP contribution in [0.5, 0.6) is 0 Å². The predicted octanol–water partition coefficient (Wildman–Crippen LogP) is 5.49. The minimum atomic E-state index is 0.0418. The third-order valence-electron chi connectivity index (χ3n) is 6.97. The maximum absolute atomic E-state index is 11.8. The van der Waals surface area contributed by atoms with E-state index in [1.165, 1.54) is 29.7 Å². The Bertz CT molecular complexity index is 1810. The predicted molar refractivity (Wildman–Crippen MR) is 148 cm³/mol. The first-order valence-electron chi connectivity index (χ1n) is 12.6. The lowest BCUT2D eigenvalue weighted by Gasteiger charge is -2.14. The van der Waals surface area contributed by atoms with Gasteiger partial charge in [0.2, 0.25) is 0 Å². The van der Waals surface area contributed by atoms with Crippen molar-refractivity contribution in [3.8, 4) is 33.2 Å². The number of carbonyl (C=O) groups is 1. The molecule has 0 aromatic carbocycles. The second-order valence-electron chi connectivity index (χ2n) is 9.62. The first kappa shape index (κ1) is 22.9. The zero-order valence-electron chi connectivity index (χ0n) is 20.7. The van der Waals surface area contributed by atoms with E-state index in [1.54, 1.807) is 13.1 Å². The number of thiophene rings is 1. The molecule has 188 valence electrons. The van der Waals surface area contributed by atoms with Crippen molar-refractivity contribution in [3.63, 3.8) is 0 Å². The second-order valence-corrected chi connectivity index (χ2v) is 10.7. The molecule has 0 atom stereocenters. The lowest BCUT2D eigenvalue weighted by molar-refractivity contribution is 0.102. The fourth-order valence-corrected chi connectivity index (χ4v) is 5.96. The summed E-state index contributed by atoms with van der Waals surface area (Å²) in [6, 6.07) is 9.94. The molecule has 2 N–H and O–H groups in total. The van der Waals surface area contributed by atoms with E-state index >= 15 is 0 Å². The third kappa shape index (κ3) is 4.07. The lowest BCUT2D eigenvalue weighted by atomic mass is 10.1. The van der Waals surface area contributed by atoms with Crippen molar-refractivity contribution in [3.05, 3.63) is 65.6 Å². The van der Waals surface area contributed by atoms with Gasteiger partial charge >= 0.3 is 0 Å². The standard InChI is InChI=1S/C28H24N8OS/c1-16(37)22-4-5-23(38-22)26-25-21(6-7-30-26)32-28(33-25)24-20-11-19(14-31-27(20)35-34-24)18-10-17(12-29-13-18)15-36-8-2-3-9-36/h4-7,10-14H,2-3,8-9,15H2,1H3,(H,32,33)(H,31,34,35). The van der Waals surface area contributed by atoms with Gasteiger partial charge in [0.1, 0.15) is 16.9 Å². The number of pyridine rings is 3. The normalized spacial score (nSPS) is 14.1. The van der Waals surface area contributed by atoms with E-state index in [-0.39, 0.29) is 5.78 Å². The molecule has 0 bridgehead atoms. The largest absolute Gasteiger partial charge is 0.337 e. The monoisotopic (exact) mass is 520 g/mol. The van der Waals surface area contributed by atoms with Crippen molar-refractivity contribution in [1.29, 1.82) is 0 Å². The number of aromatic amines is 2. The number of aromatic nitrogens is 7. The van der Waals surface area contributed by atoms with Crippen LogP contribution in [-0.2, 0) is 6.54 Å². The van der Waals surface area contributed by atoms with Crippen LogP contribution >= 0.6 is 11.3 Å². The molecule has 0 spiro atoms. The summed E-state index contributed by atoms with van der Waals surface area (Å²) in [6.07, 6.45) is 9.95. The van der Waals surface area contributed by atoms with E-state index in [4.69, 9.17) is 4.98 Å². The Morgan fingerprint density at radius 2 is 1.92 bits per heavy atom. The summed E-state index contributed by atoms with van der Waals surface area (Å²) < 4.78 is 0. The molecular weight excluding hydrogens is 496 g/mol. The van der Waals surface area contributed by atoms with Crippen LogP contribution in [0.3, 0.4) is 0 Å². The van der Waals surface area contributed by atoms with Gasteiger partial charge in [0.15, 0.2) is 17.3 Å². The van der Waals surface area contributed by atoms with E-state index in [9.17, 15) is 4.79 Å². The third-order valence-corrected chi connectivity index (χ3v) is 8.16. The van der Waals surface area contributed by atoms with Crippen molar-refractivity contribution in [1.82, 2.24) is 40.0 Å². The van der Waals surface area contributed by atoms with Gasteiger partial charge in [-0.2, -0.15) is 5.10 Å². The van der Waals surface area contributed by atoms with Crippen LogP contribution in [0.1, 0.15) is 35.0 Å². The Morgan fingerprint density at radius 3 is 2.76 bits per heavy atom. The number of likely N-dealkylation sites (tertiary alicyclic amines) is 1. The summed E-state index contributed by atoms with van der Waals surface area (Å²) >= 11 is 1.42. The zero-order valence-corrected chi connectivity index (χ0v) is 21.5. The number of carbonyl (C=O) groups excluding carboxylic acids is 1. The second kappa shape index (κ2) is 9.23. The molecule has 1 saturated heterocycles. The summed E-state index contributed by atoms with van der Waals surface area (Å²) in [5.74, 6) is 0.695. The number of hydrogen-bond donors (Lipinski definition) is 2. The van der Waals surface area contributed by atoms with Gasteiger partial charge in [0, 0.05) is 42.5 Å². The molecule has 6 aromatic heterocycles. The van der Waals surface area contributed by atoms with Crippen LogP contribution < -0.4 is 0 Å². The highest BCUT2D eigenvalue weighted by Gasteiger charge is 2.18. The molecule has 38 heavy (non-hydrogen) atoms. The molecule has 0 aliphatic carbocycles. The minimum Gasteiger partial charge on any atom is -0.337 e. The molecule has 7 rings (SSSR count). The Kier molecular flexibility index (Phi) is 5.56. The highest BCUT2D eigenvalue weighted by atomic mass is 32.1. The first-order valence-corrected chi connectivity index (χ1v) is 13.4. The topological polar surface area (TPSA) is 116 Å². The number of Topliss-reactive ketones (excluding diaryl/α,β-unsaturated/α-hetero) is 1. The molecule has 1 aliphatic rings. The van der Waals surface area contributed by atoms with Crippen LogP contribution in [0.2, 0.25) is 0 Å². The van der Waals surface area contributed by atoms with Crippen LogP contribution in [0.4, 0.5) is 0 Å². The summed E-state index contributed by atoms with van der Waals surface area (Å²) in [4.78, 5) is 37.9. The molecule has 0 unspecified atom stereocenters. The minimum absolute atomic E-state index is 0.0418. The maximum Gasteiger partial charge on any atom is 0.181 e. The van der Waals surface area contributed by atoms with Gasteiger partial charge in [-0.25, -0.2) is 9.97 Å². The smallest absolute Gasteiger partial charge is 0.181 e.